The Bertz CT molecular complexity index is 961. The Morgan fingerprint density at radius 2 is 1.72 bits per heavy atom. The van der Waals surface area contributed by atoms with Crippen LogP contribution in [-0.2, 0) is 19.6 Å². The molecule has 0 radical (unpaired) electrons. The Kier molecular flexibility index (Phi) is 7.67. The quantitative estimate of drug-likeness (QED) is 0.410. The van der Waals surface area contributed by atoms with E-state index in [1.165, 1.54) is 11.6 Å². The van der Waals surface area contributed by atoms with Crippen molar-refractivity contribution in [1.29, 1.82) is 0 Å². The second-order valence-corrected chi connectivity index (χ2v) is 7.70. The van der Waals surface area contributed by atoms with Crippen LogP contribution in [-0.4, -0.2) is 13.7 Å². The van der Waals surface area contributed by atoms with E-state index in [9.17, 15) is 4.39 Å². The Morgan fingerprint density at radius 1 is 1.00 bits per heavy atom. The number of nitrogens with one attached hydrogen (secondary N) is 1. The zero-order valence-electron chi connectivity index (χ0n) is 16.7. The van der Waals surface area contributed by atoms with Gasteiger partial charge in [-0.05, 0) is 76.3 Å². The maximum absolute atomic E-state index is 13.7. The zero-order valence-corrected chi connectivity index (χ0v) is 18.3. The average molecular weight is 458 g/mol. The number of rotatable bonds is 9. The van der Waals surface area contributed by atoms with Crippen molar-refractivity contribution in [1.82, 2.24) is 5.32 Å². The summed E-state index contributed by atoms with van der Waals surface area (Å²) in [6.45, 7) is 3.89. The topological polar surface area (TPSA) is 30.5 Å². The fourth-order valence-corrected chi connectivity index (χ4v) is 3.70. The maximum atomic E-state index is 13.7. The molecule has 152 valence electrons. The van der Waals surface area contributed by atoms with Crippen LogP contribution in [0, 0.1) is 12.7 Å². The Morgan fingerprint density at radius 3 is 2.45 bits per heavy atom. The average Bonchev–Trinajstić information content (AvgIpc) is 2.72. The highest BCUT2D eigenvalue weighted by atomic mass is 79.9. The monoisotopic (exact) mass is 457 g/mol. The summed E-state index contributed by atoms with van der Waals surface area (Å²) in [6, 6.07) is 19.0. The Labute approximate surface area is 180 Å². The van der Waals surface area contributed by atoms with Gasteiger partial charge in [-0.25, -0.2) is 4.39 Å². The lowest BCUT2D eigenvalue weighted by atomic mass is 10.1. The van der Waals surface area contributed by atoms with E-state index >= 15 is 0 Å². The van der Waals surface area contributed by atoms with E-state index in [0.717, 1.165) is 21.2 Å². The standard InChI is InChI=1S/C24H25BrFNO2/c1-17-7-3-4-9-20(17)16-29-24-21(25)13-18(14-23(24)28-2)15-27-12-11-19-8-5-6-10-22(19)26/h3-10,13-14,27H,11-12,15-16H2,1-2H3. The van der Waals surface area contributed by atoms with E-state index in [1.807, 2.05) is 36.4 Å². The first kappa shape index (κ1) is 21.3. The first-order valence-corrected chi connectivity index (χ1v) is 10.4. The molecule has 5 heteroatoms. The molecule has 0 aliphatic heterocycles. The van der Waals surface area contributed by atoms with E-state index in [1.54, 1.807) is 13.2 Å². The van der Waals surface area contributed by atoms with Gasteiger partial charge < -0.3 is 14.8 Å². The number of benzene rings is 3. The van der Waals surface area contributed by atoms with Crippen molar-refractivity contribution in [2.45, 2.75) is 26.5 Å². The molecular weight excluding hydrogens is 433 g/mol. The van der Waals surface area contributed by atoms with E-state index < -0.39 is 0 Å². The molecule has 0 saturated carbocycles. The third kappa shape index (κ3) is 5.81. The number of hydrogen-bond donors (Lipinski definition) is 1. The van der Waals surface area contributed by atoms with E-state index in [4.69, 9.17) is 9.47 Å². The van der Waals surface area contributed by atoms with Gasteiger partial charge in [-0.15, -0.1) is 0 Å². The van der Waals surface area contributed by atoms with Gasteiger partial charge in [0.15, 0.2) is 11.5 Å². The number of halogens is 2. The summed E-state index contributed by atoms with van der Waals surface area (Å²) in [6.07, 6.45) is 0.641. The van der Waals surface area contributed by atoms with Crippen LogP contribution < -0.4 is 14.8 Å². The molecule has 0 heterocycles. The van der Waals surface area contributed by atoms with Crippen LogP contribution in [0.2, 0.25) is 0 Å². The van der Waals surface area contributed by atoms with Gasteiger partial charge in [-0.1, -0.05) is 42.5 Å². The molecule has 3 aromatic rings. The minimum absolute atomic E-state index is 0.158. The van der Waals surface area contributed by atoms with Gasteiger partial charge >= 0.3 is 0 Å². The predicted molar refractivity (Wildman–Crippen MR) is 118 cm³/mol. The second-order valence-electron chi connectivity index (χ2n) is 6.84. The fraction of sp³-hybridized carbons (Fsp3) is 0.250. The smallest absolute Gasteiger partial charge is 0.175 e. The molecule has 0 fully saturated rings. The van der Waals surface area contributed by atoms with Crippen LogP contribution in [0.5, 0.6) is 11.5 Å². The van der Waals surface area contributed by atoms with Crippen molar-refractivity contribution in [3.63, 3.8) is 0 Å². The molecule has 3 rings (SSSR count). The molecule has 0 saturated heterocycles. The number of ether oxygens (including phenoxy) is 2. The third-order valence-corrected chi connectivity index (χ3v) is 5.37. The van der Waals surface area contributed by atoms with Crippen LogP contribution in [0.1, 0.15) is 22.3 Å². The highest BCUT2D eigenvalue weighted by Crippen LogP contribution is 2.37. The molecule has 0 atom stereocenters. The van der Waals surface area contributed by atoms with Crippen molar-refractivity contribution < 1.29 is 13.9 Å². The summed E-state index contributed by atoms with van der Waals surface area (Å²) >= 11 is 3.60. The van der Waals surface area contributed by atoms with E-state index in [0.29, 0.717) is 37.6 Å². The molecule has 0 unspecified atom stereocenters. The van der Waals surface area contributed by atoms with Gasteiger partial charge in [0.2, 0.25) is 0 Å². The fourth-order valence-electron chi connectivity index (χ4n) is 3.09. The lowest BCUT2D eigenvalue weighted by Crippen LogP contribution is -2.17. The first-order chi connectivity index (χ1) is 14.1. The maximum Gasteiger partial charge on any atom is 0.175 e. The van der Waals surface area contributed by atoms with Gasteiger partial charge in [-0.2, -0.15) is 0 Å². The summed E-state index contributed by atoms with van der Waals surface area (Å²) in [5, 5.41) is 3.36. The Balaban J connectivity index is 1.60. The van der Waals surface area contributed by atoms with Crippen molar-refractivity contribution >= 4 is 15.9 Å². The largest absolute Gasteiger partial charge is 0.493 e. The van der Waals surface area contributed by atoms with Gasteiger partial charge in [0.1, 0.15) is 12.4 Å². The molecule has 0 aromatic heterocycles. The van der Waals surface area contributed by atoms with Crippen LogP contribution in [0.3, 0.4) is 0 Å². The number of aryl methyl sites for hydroxylation is 1. The summed E-state index contributed by atoms with van der Waals surface area (Å²) in [5.41, 5.74) is 4.11. The molecule has 29 heavy (non-hydrogen) atoms. The summed E-state index contributed by atoms with van der Waals surface area (Å²) < 4.78 is 26.1. The molecule has 0 aliphatic carbocycles. The number of methoxy groups -OCH3 is 1. The van der Waals surface area contributed by atoms with Crippen molar-refractivity contribution in [2.24, 2.45) is 0 Å². The first-order valence-electron chi connectivity index (χ1n) is 9.56. The molecule has 3 aromatic carbocycles. The molecule has 0 amide bonds. The number of hydrogen-bond acceptors (Lipinski definition) is 3. The highest BCUT2D eigenvalue weighted by Gasteiger charge is 2.12. The molecule has 0 bridgehead atoms. The SMILES string of the molecule is COc1cc(CNCCc2ccccc2F)cc(Br)c1OCc1ccccc1C. The van der Waals surface area contributed by atoms with Gasteiger partial charge in [0.25, 0.3) is 0 Å². The summed E-state index contributed by atoms with van der Waals surface area (Å²) in [7, 11) is 1.64. The van der Waals surface area contributed by atoms with Gasteiger partial charge in [0, 0.05) is 6.54 Å². The van der Waals surface area contributed by atoms with Crippen LogP contribution in [0.25, 0.3) is 0 Å². The van der Waals surface area contributed by atoms with Crippen LogP contribution in [0.15, 0.2) is 65.1 Å². The molecule has 0 spiro atoms. The van der Waals surface area contributed by atoms with E-state index in [2.05, 4.69) is 40.3 Å². The lowest BCUT2D eigenvalue weighted by molar-refractivity contribution is 0.281. The summed E-state index contributed by atoms with van der Waals surface area (Å²) in [5.74, 6) is 1.21. The molecule has 0 aliphatic rings. The highest BCUT2D eigenvalue weighted by molar-refractivity contribution is 9.10. The summed E-state index contributed by atoms with van der Waals surface area (Å²) in [4.78, 5) is 0. The van der Waals surface area contributed by atoms with E-state index in [-0.39, 0.29) is 5.82 Å². The molecular formula is C24H25BrFNO2. The second kappa shape index (κ2) is 10.4. The third-order valence-electron chi connectivity index (χ3n) is 4.78. The Hall–Kier alpha value is -2.37. The molecule has 1 N–H and O–H groups in total. The van der Waals surface area contributed by atoms with Crippen molar-refractivity contribution in [3.8, 4) is 11.5 Å². The van der Waals surface area contributed by atoms with Gasteiger partial charge in [0.05, 0.1) is 11.6 Å². The normalized spacial score (nSPS) is 10.8. The van der Waals surface area contributed by atoms with Gasteiger partial charge in [-0.3, -0.25) is 0 Å². The van der Waals surface area contributed by atoms with Crippen LogP contribution in [0.4, 0.5) is 4.39 Å². The molecule has 3 nitrogen and oxygen atoms in total. The minimum atomic E-state index is -0.158. The minimum Gasteiger partial charge on any atom is -0.493 e. The zero-order chi connectivity index (χ0) is 20.6. The van der Waals surface area contributed by atoms with Crippen LogP contribution >= 0.6 is 15.9 Å². The van der Waals surface area contributed by atoms with Crippen molar-refractivity contribution in [3.05, 3.63) is 93.2 Å². The lowest BCUT2D eigenvalue weighted by Gasteiger charge is -2.15. The van der Waals surface area contributed by atoms with Crippen molar-refractivity contribution in [2.75, 3.05) is 13.7 Å². The predicted octanol–water partition coefficient (Wildman–Crippen LogP) is 5.82.